The molecule has 0 atom stereocenters. The molecule has 74 valence electrons. The molecule has 0 aliphatic heterocycles. The van der Waals surface area contributed by atoms with Crippen molar-refractivity contribution in [3.63, 3.8) is 0 Å². The van der Waals surface area contributed by atoms with Gasteiger partial charge in [-0.1, -0.05) is 0 Å². The van der Waals surface area contributed by atoms with E-state index in [0.717, 1.165) is 13.2 Å². The van der Waals surface area contributed by atoms with Gasteiger partial charge in [-0.3, -0.25) is 0 Å². The largest absolute Gasteiger partial charge is 0.385 e. The van der Waals surface area contributed by atoms with Gasteiger partial charge in [-0.05, 0) is 20.9 Å². The molecule has 4 nitrogen and oxygen atoms in total. The maximum atomic E-state index is 4.54. The third kappa shape index (κ3) is 179. The van der Waals surface area contributed by atoms with Crippen molar-refractivity contribution in [3.8, 4) is 0 Å². The van der Waals surface area contributed by atoms with E-state index in [9.17, 15) is 0 Å². The average molecular weight is 168 g/mol. The van der Waals surface area contributed by atoms with Gasteiger partial charge in [-0.2, -0.15) is 0 Å². The third-order valence-corrected chi connectivity index (χ3v) is 0.577. The summed E-state index contributed by atoms with van der Waals surface area (Å²) in [7, 11) is 4.86. The van der Waals surface area contributed by atoms with Gasteiger partial charge in [0, 0.05) is 27.4 Å². The van der Waals surface area contributed by atoms with Crippen molar-refractivity contribution in [2.75, 3.05) is 34.5 Å². The molecule has 0 saturated carbocycles. The van der Waals surface area contributed by atoms with Crippen LogP contribution in [-0.2, 0) is 9.47 Å². The Bertz CT molecular complexity index is 22.4. The molecule has 0 aliphatic rings. The van der Waals surface area contributed by atoms with E-state index in [0.29, 0.717) is 0 Å². The van der Waals surface area contributed by atoms with E-state index in [2.05, 4.69) is 15.2 Å². The van der Waals surface area contributed by atoms with Crippen molar-refractivity contribution in [2.45, 2.75) is 13.8 Å². The number of hydrogen-bond donors (Lipinski definition) is 2. The first-order chi connectivity index (χ1) is 4.83. The molecule has 0 aliphatic carbocycles. The summed E-state index contributed by atoms with van der Waals surface area (Å²) in [5.41, 5.74) is 4.50. The maximum absolute atomic E-state index is 4.54. The van der Waals surface area contributed by atoms with E-state index in [1.807, 2.05) is 13.8 Å². The summed E-state index contributed by atoms with van der Waals surface area (Å²) in [5.74, 6) is 0. The van der Waals surface area contributed by atoms with E-state index in [1.165, 1.54) is 7.05 Å². The molecule has 0 bridgehead atoms. The van der Waals surface area contributed by atoms with Crippen LogP contribution in [0.4, 0.5) is 0 Å². The zero-order chi connectivity index (χ0) is 8.83. The molecule has 0 aromatic carbocycles. The second-order valence-corrected chi connectivity index (χ2v) is 1.15. The first-order valence-corrected chi connectivity index (χ1v) is 3.39. The van der Waals surface area contributed by atoms with Crippen LogP contribution in [0.1, 0.15) is 13.8 Å². The summed E-state index contributed by atoms with van der Waals surface area (Å²) in [5, 5.41) is 0. The Morgan fingerprint density at radius 2 is 1.00 bits per heavy atom. The monoisotopic (exact) mass is 168 g/mol. The molecule has 0 heterocycles. The molecule has 0 unspecified atom stereocenters. The molecular formula is C7H24N2O2. The highest BCUT2D eigenvalue weighted by Crippen LogP contribution is 1.52. The predicted molar refractivity (Wildman–Crippen MR) is 50.2 cm³/mol. The smallest absolute Gasteiger partial charge is 0.0433 e. The van der Waals surface area contributed by atoms with Crippen LogP contribution >= 0.6 is 0 Å². The van der Waals surface area contributed by atoms with Gasteiger partial charge in [0.25, 0.3) is 0 Å². The number of rotatable bonds is 2. The molecule has 0 radical (unpaired) electrons. The van der Waals surface area contributed by atoms with E-state index < -0.39 is 0 Å². The quantitative estimate of drug-likeness (QED) is 0.645. The molecule has 11 heavy (non-hydrogen) atoms. The minimum Gasteiger partial charge on any atom is -0.385 e. The lowest BCUT2D eigenvalue weighted by Crippen LogP contribution is -1.73. The SMILES string of the molecule is CCOC.CCOC.CN.N. The van der Waals surface area contributed by atoms with Crippen LogP contribution < -0.4 is 11.9 Å². The molecule has 0 aromatic rings. The molecule has 5 N–H and O–H groups in total. The van der Waals surface area contributed by atoms with Crippen LogP contribution in [-0.4, -0.2) is 34.5 Å². The fourth-order valence-electron chi connectivity index (χ4n) is 0. The number of ether oxygens (including phenoxy) is 2. The van der Waals surface area contributed by atoms with Crippen LogP contribution in [0.15, 0.2) is 0 Å². The normalized spacial score (nSPS) is 6.00. The van der Waals surface area contributed by atoms with Crippen molar-refractivity contribution < 1.29 is 9.47 Å². The summed E-state index contributed by atoms with van der Waals surface area (Å²) >= 11 is 0. The highest BCUT2D eigenvalue weighted by atomic mass is 16.5. The maximum Gasteiger partial charge on any atom is 0.0433 e. The Hall–Kier alpha value is -0.160. The number of hydrogen-bond acceptors (Lipinski definition) is 4. The van der Waals surface area contributed by atoms with Gasteiger partial charge in [0.15, 0.2) is 0 Å². The standard InChI is InChI=1S/2C3H8O.CH5N.H3N/c2*1-3-4-2;1-2;/h2*3H2,1-2H3;2H2,1H3;1H3. The minimum absolute atomic E-state index is 0. The number of nitrogens with two attached hydrogens (primary N) is 1. The van der Waals surface area contributed by atoms with Gasteiger partial charge in [-0.15, -0.1) is 0 Å². The lowest BCUT2D eigenvalue weighted by molar-refractivity contribution is 0.215. The van der Waals surface area contributed by atoms with Crippen molar-refractivity contribution in [1.82, 2.24) is 6.15 Å². The summed E-state index contributed by atoms with van der Waals surface area (Å²) in [6.45, 7) is 5.56. The van der Waals surface area contributed by atoms with Crippen LogP contribution in [0.2, 0.25) is 0 Å². The van der Waals surface area contributed by atoms with Crippen LogP contribution in [0.3, 0.4) is 0 Å². The van der Waals surface area contributed by atoms with Gasteiger partial charge in [0.2, 0.25) is 0 Å². The Morgan fingerprint density at radius 3 is 1.00 bits per heavy atom. The first kappa shape index (κ1) is 22.4. The Morgan fingerprint density at radius 1 is 0.909 bits per heavy atom. The second kappa shape index (κ2) is 52.1. The van der Waals surface area contributed by atoms with E-state index in [4.69, 9.17) is 0 Å². The van der Waals surface area contributed by atoms with Crippen LogP contribution in [0, 0.1) is 0 Å². The fraction of sp³-hybridized carbons (Fsp3) is 1.00. The van der Waals surface area contributed by atoms with Crippen molar-refractivity contribution in [3.05, 3.63) is 0 Å². The van der Waals surface area contributed by atoms with E-state index in [-0.39, 0.29) is 6.15 Å². The summed E-state index contributed by atoms with van der Waals surface area (Å²) in [6.07, 6.45) is 0. The van der Waals surface area contributed by atoms with Gasteiger partial charge >= 0.3 is 0 Å². The van der Waals surface area contributed by atoms with Crippen molar-refractivity contribution in [2.24, 2.45) is 5.73 Å². The minimum atomic E-state index is 0. The number of methoxy groups -OCH3 is 2. The summed E-state index contributed by atoms with van der Waals surface area (Å²) < 4.78 is 9.08. The predicted octanol–water partition coefficient (Wildman–Crippen LogP) is 1.04. The first-order valence-electron chi connectivity index (χ1n) is 3.39. The lowest BCUT2D eigenvalue weighted by atomic mass is 10.9. The van der Waals surface area contributed by atoms with Gasteiger partial charge in [0.05, 0.1) is 0 Å². The molecule has 0 spiro atoms. The van der Waals surface area contributed by atoms with Gasteiger partial charge in [0.1, 0.15) is 0 Å². The molecule has 0 rings (SSSR count). The van der Waals surface area contributed by atoms with Crippen molar-refractivity contribution >= 4 is 0 Å². The highest BCUT2D eigenvalue weighted by molar-refractivity contribution is 3.95. The summed E-state index contributed by atoms with van der Waals surface area (Å²) in [6, 6.07) is 0. The molecule has 0 amide bonds. The zero-order valence-corrected chi connectivity index (χ0v) is 8.52. The molecule has 0 fully saturated rings. The fourth-order valence-corrected chi connectivity index (χ4v) is 0. The third-order valence-electron chi connectivity index (χ3n) is 0.577. The van der Waals surface area contributed by atoms with Crippen LogP contribution in [0.5, 0.6) is 0 Å². The Labute approximate surface area is 70.6 Å². The second-order valence-electron chi connectivity index (χ2n) is 1.15. The Kier molecular flexibility index (Phi) is 106. The molecular weight excluding hydrogens is 144 g/mol. The topological polar surface area (TPSA) is 79.5 Å². The van der Waals surface area contributed by atoms with Crippen LogP contribution in [0.25, 0.3) is 0 Å². The van der Waals surface area contributed by atoms with Crippen molar-refractivity contribution in [1.29, 1.82) is 0 Å². The zero-order valence-electron chi connectivity index (χ0n) is 8.52. The van der Waals surface area contributed by atoms with Gasteiger partial charge < -0.3 is 21.4 Å². The van der Waals surface area contributed by atoms with E-state index in [1.54, 1.807) is 14.2 Å². The molecule has 0 aromatic heterocycles. The Balaban J connectivity index is -0.0000000339. The molecule has 4 heteroatoms. The highest BCUT2D eigenvalue weighted by Gasteiger charge is 1.51. The van der Waals surface area contributed by atoms with Gasteiger partial charge in [-0.25, -0.2) is 0 Å². The molecule has 0 saturated heterocycles. The summed E-state index contributed by atoms with van der Waals surface area (Å²) in [4.78, 5) is 0. The lowest BCUT2D eigenvalue weighted by Gasteiger charge is -1.76. The van der Waals surface area contributed by atoms with E-state index >= 15 is 0 Å². The average Bonchev–Trinajstić information content (AvgIpc) is 2.08.